The van der Waals surface area contributed by atoms with Gasteiger partial charge in [0.25, 0.3) is 0 Å². The highest BCUT2D eigenvalue weighted by molar-refractivity contribution is 7.92. The molecule has 0 radical (unpaired) electrons. The van der Waals surface area contributed by atoms with E-state index in [4.69, 9.17) is 5.26 Å². The molecule has 0 saturated carbocycles. The molecule has 2 aromatic carbocycles. The number of amides is 2. The van der Waals surface area contributed by atoms with Gasteiger partial charge in [-0.05, 0) is 85.4 Å². The first-order valence-electron chi connectivity index (χ1n) is 9.58. The van der Waals surface area contributed by atoms with E-state index in [9.17, 15) is 13.4 Å². The summed E-state index contributed by atoms with van der Waals surface area (Å²) >= 11 is 0. The van der Waals surface area contributed by atoms with Crippen LogP contribution in [0, 0.1) is 24.2 Å². The Hall–Kier alpha value is -2.92. The average molecular weight is 412 g/mol. The van der Waals surface area contributed by atoms with Gasteiger partial charge in [-0.2, -0.15) is 5.26 Å². The van der Waals surface area contributed by atoms with E-state index in [0.29, 0.717) is 5.56 Å². The number of carbonyl (C=O) groups is 1. The number of benzene rings is 2. The van der Waals surface area contributed by atoms with E-state index in [1.807, 2.05) is 0 Å². The molecule has 0 bridgehead atoms. The van der Waals surface area contributed by atoms with Gasteiger partial charge >= 0.3 is 6.03 Å². The number of nitrogens with zero attached hydrogens (tertiary/aromatic N) is 2. The fourth-order valence-electron chi connectivity index (χ4n) is 4.17. The normalized spacial score (nSPS) is 16.3. The monoisotopic (exact) mass is 412 g/mol. The lowest BCUT2D eigenvalue weighted by Crippen LogP contribution is -2.34. The second-order valence-corrected chi connectivity index (χ2v) is 9.33. The van der Waals surface area contributed by atoms with Crippen molar-refractivity contribution in [3.63, 3.8) is 0 Å². The van der Waals surface area contributed by atoms with Crippen LogP contribution in [-0.4, -0.2) is 10.2 Å². The van der Waals surface area contributed by atoms with E-state index in [2.05, 4.69) is 20.5 Å². The van der Waals surface area contributed by atoms with Crippen molar-refractivity contribution in [3.05, 3.63) is 57.9 Å². The topological polar surface area (TPSA) is 94.3 Å². The van der Waals surface area contributed by atoms with Crippen LogP contribution in [0.1, 0.15) is 40.7 Å². The van der Waals surface area contributed by atoms with Crippen LogP contribution >= 0.6 is 0 Å². The summed E-state index contributed by atoms with van der Waals surface area (Å²) in [7, 11) is -3.64. The summed E-state index contributed by atoms with van der Waals surface area (Å²) in [6, 6.07) is 5.41. The van der Waals surface area contributed by atoms with Crippen molar-refractivity contribution in [2.75, 3.05) is 5.32 Å². The summed E-state index contributed by atoms with van der Waals surface area (Å²) in [5.41, 5.74) is 5.93. The van der Waals surface area contributed by atoms with Gasteiger partial charge in [-0.15, -0.1) is 0 Å². The molecule has 0 heterocycles. The molecule has 0 aliphatic heterocycles. The molecule has 8 heteroatoms. The molecule has 2 aliphatic carbocycles. The number of hydrogen-bond donors (Lipinski definition) is 2. The summed E-state index contributed by atoms with van der Waals surface area (Å²) in [4.78, 5) is 12.7. The minimum Gasteiger partial charge on any atom is -0.307 e. The van der Waals surface area contributed by atoms with E-state index in [1.54, 1.807) is 6.92 Å². The van der Waals surface area contributed by atoms with Crippen molar-refractivity contribution in [2.24, 2.45) is 4.36 Å². The average Bonchev–Trinajstić information content (AvgIpc) is 3.33. The van der Waals surface area contributed by atoms with Crippen LogP contribution < -0.4 is 10.0 Å². The molecule has 0 fully saturated rings. The van der Waals surface area contributed by atoms with E-state index in [0.717, 1.165) is 61.4 Å². The minimum atomic E-state index is -3.64. The number of nitriles is 1. The van der Waals surface area contributed by atoms with Crippen molar-refractivity contribution in [2.45, 2.75) is 50.3 Å². The number of hydrogen-bond acceptors (Lipinski definition) is 4. The first kappa shape index (κ1) is 19.4. The Morgan fingerprint density at radius 2 is 1.79 bits per heavy atom. The SMILES string of the molecule is Cc1ccc(S(=O)(=NC#N)NC(=O)Nc2c3c(cc4c2CCC4)CCC3)cc1F. The Balaban J connectivity index is 1.66. The third-order valence-electron chi connectivity index (χ3n) is 5.57. The number of rotatable bonds is 3. The number of carbonyl (C=O) groups excluding carboxylic acids is 1. The smallest absolute Gasteiger partial charge is 0.307 e. The summed E-state index contributed by atoms with van der Waals surface area (Å²) < 4.78 is 32.9. The zero-order chi connectivity index (χ0) is 20.6. The quantitative estimate of drug-likeness (QED) is 0.741. The Kier molecular flexibility index (Phi) is 5.01. The van der Waals surface area contributed by atoms with Crippen LogP contribution in [0.5, 0.6) is 0 Å². The van der Waals surface area contributed by atoms with Gasteiger partial charge in [0.2, 0.25) is 6.19 Å². The number of anilines is 1. The number of fused-ring (bicyclic) bond motifs is 2. The summed E-state index contributed by atoms with van der Waals surface area (Å²) in [5.74, 6) is -0.579. The van der Waals surface area contributed by atoms with Gasteiger partial charge in [-0.3, -0.25) is 0 Å². The van der Waals surface area contributed by atoms with Gasteiger partial charge in [0.1, 0.15) is 5.82 Å². The summed E-state index contributed by atoms with van der Waals surface area (Å²) in [6.45, 7) is 1.57. The van der Waals surface area contributed by atoms with E-state index in [1.165, 1.54) is 29.5 Å². The second kappa shape index (κ2) is 7.48. The molecule has 0 saturated heterocycles. The fourth-order valence-corrected chi connectivity index (χ4v) is 5.37. The molecule has 2 amide bonds. The molecule has 150 valence electrons. The van der Waals surface area contributed by atoms with Gasteiger partial charge in [0, 0.05) is 5.69 Å². The van der Waals surface area contributed by atoms with E-state index < -0.39 is 21.8 Å². The number of aryl methyl sites for hydroxylation is 3. The number of halogens is 1. The lowest BCUT2D eigenvalue weighted by Gasteiger charge is -2.17. The highest BCUT2D eigenvalue weighted by Crippen LogP contribution is 2.38. The van der Waals surface area contributed by atoms with Gasteiger partial charge < -0.3 is 5.32 Å². The first-order chi connectivity index (χ1) is 13.9. The highest BCUT2D eigenvalue weighted by Gasteiger charge is 2.26. The van der Waals surface area contributed by atoms with E-state index in [-0.39, 0.29) is 4.90 Å². The fraction of sp³-hybridized carbons (Fsp3) is 0.333. The molecule has 2 aromatic rings. The maximum Gasteiger partial charge on any atom is 0.331 e. The number of nitrogens with one attached hydrogen (secondary N) is 2. The second-order valence-electron chi connectivity index (χ2n) is 7.42. The Morgan fingerprint density at radius 3 is 2.38 bits per heavy atom. The van der Waals surface area contributed by atoms with Gasteiger partial charge in [-0.25, -0.2) is 18.1 Å². The zero-order valence-corrected chi connectivity index (χ0v) is 16.9. The molecule has 1 unspecified atom stereocenters. The maximum atomic E-state index is 14.0. The minimum absolute atomic E-state index is 0.0548. The van der Waals surface area contributed by atoms with Gasteiger partial charge in [0.15, 0.2) is 9.92 Å². The van der Waals surface area contributed by atoms with Crippen LogP contribution in [-0.2, 0) is 35.6 Å². The third-order valence-corrected chi connectivity index (χ3v) is 7.27. The van der Waals surface area contributed by atoms with Crippen LogP contribution in [0.3, 0.4) is 0 Å². The molecule has 4 rings (SSSR count). The predicted molar refractivity (Wildman–Crippen MR) is 108 cm³/mol. The molecule has 29 heavy (non-hydrogen) atoms. The van der Waals surface area contributed by atoms with Crippen molar-refractivity contribution >= 4 is 21.6 Å². The standard InChI is InChI=1S/C21H21FN4O2S/c1-13-8-9-16(11-19(13)22)29(28,24-12-23)26-21(27)25-20-17-6-2-4-14(17)10-15-5-3-7-18(15)20/h8-11H,2-7H2,1H3,(H2,24,25,26,27,28). The molecule has 0 aromatic heterocycles. The molecule has 6 nitrogen and oxygen atoms in total. The van der Waals surface area contributed by atoms with Crippen molar-refractivity contribution in [1.82, 2.24) is 4.72 Å². The van der Waals surface area contributed by atoms with Crippen molar-refractivity contribution in [3.8, 4) is 6.19 Å². The lowest BCUT2D eigenvalue weighted by atomic mass is 9.99. The Morgan fingerprint density at radius 1 is 1.14 bits per heavy atom. The van der Waals surface area contributed by atoms with Crippen molar-refractivity contribution < 1.29 is 13.4 Å². The van der Waals surface area contributed by atoms with E-state index >= 15 is 0 Å². The number of urea groups is 1. The highest BCUT2D eigenvalue weighted by atomic mass is 32.2. The molecule has 2 N–H and O–H groups in total. The molecule has 1 atom stereocenters. The maximum absolute atomic E-state index is 14.0. The van der Waals surface area contributed by atoms with Crippen molar-refractivity contribution in [1.29, 1.82) is 5.26 Å². The third kappa shape index (κ3) is 3.58. The molecule has 2 aliphatic rings. The zero-order valence-electron chi connectivity index (χ0n) is 16.0. The predicted octanol–water partition coefficient (Wildman–Crippen LogP) is 4.16. The summed E-state index contributed by atoms with van der Waals surface area (Å²) in [5, 5.41) is 11.8. The van der Waals surface area contributed by atoms with Crippen LogP contribution in [0.2, 0.25) is 0 Å². The van der Waals surface area contributed by atoms with Crippen LogP contribution in [0.4, 0.5) is 14.9 Å². The largest absolute Gasteiger partial charge is 0.331 e. The molecule has 0 spiro atoms. The first-order valence-corrected chi connectivity index (χ1v) is 11.1. The Labute approximate surface area is 169 Å². The van der Waals surface area contributed by atoms with Gasteiger partial charge in [-0.1, -0.05) is 16.5 Å². The summed E-state index contributed by atoms with van der Waals surface area (Å²) in [6.07, 6.45) is 7.31. The van der Waals surface area contributed by atoms with Gasteiger partial charge in [0.05, 0.1) is 4.90 Å². The lowest BCUT2D eigenvalue weighted by molar-refractivity contribution is 0.256. The van der Waals surface area contributed by atoms with Crippen LogP contribution in [0.25, 0.3) is 0 Å². The molecular weight excluding hydrogens is 391 g/mol. The molecular formula is C21H21FN4O2S. The Bertz CT molecular complexity index is 1140. The van der Waals surface area contributed by atoms with Crippen LogP contribution in [0.15, 0.2) is 33.5 Å².